The van der Waals surface area contributed by atoms with Gasteiger partial charge in [0.05, 0.1) is 19.8 Å². The van der Waals surface area contributed by atoms with Crippen molar-refractivity contribution in [3.8, 4) is 5.75 Å². The van der Waals surface area contributed by atoms with Gasteiger partial charge in [-0.15, -0.1) is 0 Å². The Morgan fingerprint density at radius 3 is 2.62 bits per heavy atom. The Kier molecular flexibility index (Phi) is 10.6. The zero-order valence-corrected chi connectivity index (χ0v) is 21.3. The normalized spacial score (nSPS) is 11.6. The fraction of sp³-hybridized carbons (Fsp3) is 0.417. The van der Waals surface area contributed by atoms with E-state index in [-0.39, 0.29) is 42.7 Å². The third-order valence-corrected chi connectivity index (χ3v) is 5.56. The summed E-state index contributed by atoms with van der Waals surface area (Å²) >= 11 is 3.43. The molecule has 2 aromatic rings. The van der Waals surface area contributed by atoms with Crippen LogP contribution in [0.4, 0.5) is 19.7 Å². The molecule has 0 saturated heterocycles. The Balaban J connectivity index is 2.09. The monoisotopic (exact) mass is 540 g/mol. The molecular formula is C24H30BrFN2O6. The second-order valence-electron chi connectivity index (χ2n) is 7.91. The lowest BCUT2D eigenvalue weighted by molar-refractivity contribution is 0.151. The van der Waals surface area contributed by atoms with E-state index in [0.29, 0.717) is 13.0 Å². The molecule has 34 heavy (non-hydrogen) atoms. The molecule has 2 rings (SSSR count). The predicted molar refractivity (Wildman–Crippen MR) is 130 cm³/mol. The molecule has 2 N–H and O–H groups in total. The van der Waals surface area contributed by atoms with Crippen LogP contribution in [-0.2, 0) is 16.0 Å². The van der Waals surface area contributed by atoms with Crippen molar-refractivity contribution < 1.29 is 33.3 Å². The average Bonchev–Trinajstić information content (AvgIpc) is 2.76. The van der Waals surface area contributed by atoms with Crippen LogP contribution >= 0.6 is 15.9 Å². The molecule has 0 fully saturated rings. The molecular weight excluding hydrogens is 511 g/mol. The van der Waals surface area contributed by atoms with Gasteiger partial charge in [0.2, 0.25) is 0 Å². The lowest BCUT2D eigenvalue weighted by Gasteiger charge is -2.19. The Bertz CT molecular complexity index is 1000. The van der Waals surface area contributed by atoms with Crippen LogP contribution < -0.4 is 10.1 Å². The molecule has 1 atom stereocenters. The molecule has 10 heteroatoms. The van der Waals surface area contributed by atoms with Crippen LogP contribution in [0.25, 0.3) is 0 Å². The second kappa shape index (κ2) is 13.1. The molecule has 0 aliphatic rings. The fourth-order valence-corrected chi connectivity index (χ4v) is 3.81. The van der Waals surface area contributed by atoms with E-state index in [9.17, 15) is 19.1 Å². The van der Waals surface area contributed by atoms with E-state index in [1.54, 1.807) is 7.11 Å². The van der Waals surface area contributed by atoms with Gasteiger partial charge in [-0.1, -0.05) is 28.9 Å². The molecule has 186 valence electrons. The first-order valence-corrected chi connectivity index (χ1v) is 11.5. The minimum absolute atomic E-state index is 0.0433. The summed E-state index contributed by atoms with van der Waals surface area (Å²) in [6, 6.07) is 8.47. The molecule has 0 heterocycles. The molecule has 8 nitrogen and oxygen atoms in total. The summed E-state index contributed by atoms with van der Waals surface area (Å²) < 4.78 is 31.6. The summed E-state index contributed by atoms with van der Waals surface area (Å²) in [5.41, 5.74) is 2.53. The third kappa shape index (κ3) is 8.18. The first-order valence-electron chi connectivity index (χ1n) is 10.7. The van der Waals surface area contributed by atoms with Crippen molar-refractivity contribution in [3.05, 3.63) is 57.3 Å². The van der Waals surface area contributed by atoms with Crippen molar-refractivity contribution >= 4 is 33.8 Å². The lowest BCUT2D eigenvalue weighted by atomic mass is 9.97. The molecule has 0 spiro atoms. The number of ether oxygens (including phenoxy) is 3. The number of amides is 2. The topological polar surface area (TPSA) is 97.3 Å². The lowest BCUT2D eigenvalue weighted by Crippen LogP contribution is -2.25. The van der Waals surface area contributed by atoms with Crippen molar-refractivity contribution in [2.24, 2.45) is 0 Å². The van der Waals surface area contributed by atoms with E-state index in [2.05, 4.69) is 21.2 Å². The molecule has 0 aliphatic carbocycles. The number of nitrogens with one attached hydrogen (secondary N) is 1. The average molecular weight is 541 g/mol. The highest BCUT2D eigenvalue weighted by atomic mass is 79.9. The molecule has 2 aromatic carbocycles. The zero-order chi connectivity index (χ0) is 25.3. The number of methoxy groups -OCH3 is 1. The van der Waals surface area contributed by atoms with Crippen LogP contribution in [0.2, 0.25) is 0 Å². The van der Waals surface area contributed by atoms with Crippen LogP contribution in [0.15, 0.2) is 34.8 Å². The maximum Gasteiger partial charge on any atom is 0.411 e. The highest BCUT2D eigenvalue weighted by molar-refractivity contribution is 9.10. The first-order chi connectivity index (χ1) is 16.1. The maximum absolute atomic E-state index is 14.8. The molecule has 1 unspecified atom stereocenters. The smallest absolute Gasteiger partial charge is 0.411 e. The van der Waals surface area contributed by atoms with Gasteiger partial charge in [-0.2, -0.15) is 0 Å². The number of carbonyl (C=O) groups excluding carboxylic acids is 1. The number of halogens is 2. The molecule has 0 aromatic heterocycles. The molecule has 0 aliphatic heterocycles. The van der Waals surface area contributed by atoms with Crippen LogP contribution in [0.1, 0.15) is 36.0 Å². The number of aryl methyl sites for hydroxylation is 1. The number of carbonyl (C=O) groups is 2. The van der Waals surface area contributed by atoms with Crippen LogP contribution in [0.5, 0.6) is 5.75 Å². The highest BCUT2D eigenvalue weighted by Crippen LogP contribution is 2.29. The van der Waals surface area contributed by atoms with Gasteiger partial charge in [0.1, 0.15) is 0 Å². The van der Waals surface area contributed by atoms with E-state index < -0.39 is 18.0 Å². The Morgan fingerprint density at radius 1 is 1.24 bits per heavy atom. The molecule has 0 radical (unpaired) electrons. The van der Waals surface area contributed by atoms with Crippen molar-refractivity contribution in [2.75, 3.05) is 39.3 Å². The van der Waals surface area contributed by atoms with Gasteiger partial charge in [0.25, 0.3) is 0 Å². The van der Waals surface area contributed by atoms with Crippen LogP contribution in [0, 0.1) is 12.7 Å². The van der Waals surface area contributed by atoms with E-state index in [4.69, 9.17) is 14.2 Å². The molecule has 0 saturated carbocycles. The van der Waals surface area contributed by atoms with Gasteiger partial charge < -0.3 is 24.2 Å². The van der Waals surface area contributed by atoms with Gasteiger partial charge in [-0.05, 0) is 36.2 Å². The Morgan fingerprint density at radius 2 is 1.97 bits per heavy atom. The molecule has 0 bridgehead atoms. The van der Waals surface area contributed by atoms with E-state index in [1.165, 1.54) is 13.1 Å². The SMILES string of the molecule is COCCCOc1c(F)cc(NC(=O)OCC(C)c2ccc(Br)cc2C)cc1CN(C)C(=O)O. The Labute approximate surface area is 207 Å². The zero-order valence-electron chi connectivity index (χ0n) is 19.7. The Hall–Kier alpha value is -2.85. The van der Waals surface area contributed by atoms with Crippen LogP contribution in [0.3, 0.4) is 0 Å². The van der Waals surface area contributed by atoms with E-state index in [0.717, 1.165) is 26.6 Å². The fourth-order valence-electron chi connectivity index (χ4n) is 3.34. The minimum atomic E-state index is -1.18. The highest BCUT2D eigenvalue weighted by Gasteiger charge is 2.18. The van der Waals surface area contributed by atoms with E-state index >= 15 is 0 Å². The standard InChI is InChI=1S/C24H30BrFN2O6/c1-15-10-18(25)6-7-20(15)16(2)14-34-23(29)27-19-11-17(13-28(3)24(30)31)22(21(26)12-19)33-9-5-8-32-4/h6-7,10-12,16H,5,8-9,13-14H2,1-4H3,(H,27,29)(H,30,31). The number of hydrogen-bond acceptors (Lipinski definition) is 5. The third-order valence-electron chi connectivity index (χ3n) is 5.07. The second-order valence-corrected chi connectivity index (χ2v) is 8.82. The number of anilines is 1. The van der Waals surface area contributed by atoms with Gasteiger partial charge in [-0.3, -0.25) is 5.32 Å². The quantitative estimate of drug-likeness (QED) is 0.351. The largest absolute Gasteiger partial charge is 0.490 e. The summed E-state index contributed by atoms with van der Waals surface area (Å²) in [5.74, 6) is -0.830. The number of benzene rings is 2. The summed E-state index contributed by atoms with van der Waals surface area (Å²) in [6.07, 6.45) is -1.39. The van der Waals surface area contributed by atoms with Crippen molar-refractivity contribution in [3.63, 3.8) is 0 Å². The van der Waals surface area contributed by atoms with Crippen molar-refractivity contribution in [1.82, 2.24) is 4.90 Å². The maximum atomic E-state index is 14.8. The summed E-state index contributed by atoms with van der Waals surface area (Å²) in [5, 5.41) is 11.7. The van der Waals surface area contributed by atoms with Crippen LogP contribution in [-0.4, -0.2) is 56.2 Å². The van der Waals surface area contributed by atoms with Crippen molar-refractivity contribution in [1.29, 1.82) is 0 Å². The van der Waals surface area contributed by atoms with Gasteiger partial charge in [-0.25, -0.2) is 14.0 Å². The minimum Gasteiger partial charge on any atom is -0.490 e. The molecule has 2 amide bonds. The number of nitrogens with zero attached hydrogens (tertiary/aromatic N) is 1. The summed E-state index contributed by atoms with van der Waals surface area (Å²) in [4.78, 5) is 24.6. The van der Waals surface area contributed by atoms with E-state index in [1.807, 2.05) is 32.0 Å². The number of hydrogen-bond donors (Lipinski definition) is 2. The van der Waals surface area contributed by atoms with Gasteiger partial charge in [0.15, 0.2) is 11.6 Å². The van der Waals surface area contributed by atoms with Gasteiger partial charge >= 0.3 is 12.2 Å². The predicted octanol–water partition coefficient (Wildman–Crippen LogP) is 5.77. The number of rotatable bonds is 11. The van der Waals surface area contributed by atoms with Gasteiger partial charge in [0, 0.05) is 54.9 Å². The summed E-state index contributed by atoms with van der Waals surface area (Å²) in [7, 11) is 2.91. The number of carboxylic acid groups (broad SMARTS) is 1. The van der Waals surface area contributed by atoms with Crippen molar-refractivity contribution in [2.45, 2.75) is 32.7 Å². The summed E-state index contributed by atoms with van der Waals surface area (Å²) in [6.45, 7) is 4.56. The first kappa shape index (κ1) is 27.4.